The van der Waals surface area contributed by atoms with E-state index < -0.39 is 22.2 Å². The number of carbonyl (C=O) groups excluding carboxylic acids is 1. The van der Waals surface area contributed by atoms with Gasteiger partial charge in [-0.2, -0.15) is 0 Å². The monoisotopic (exact) mass is 527 g/mol. The molecule has 0 radical (unpaired) electrons. The zero-order chi connectivity index (χ0) is 27.0. The second-order valence-corrected chi connectivity index (χ2v) is 14.4. The Balaban J connectivity index is 1.44. The van der Waals surface area contributed by atoms with Crippen molar-refractivity contribution in [3.8, 4) is 0 Å². The van der Waals surface area contributed by atoms with Crippen LogP contribution in [0.2, 0.25) is 0 Å². The zero-order valence-electron chi connectivity index (χ0n) is 23.9. The van der Waals surface area contributed by atoms with Crippen LogP contribution in [0.4, 0.5) is 0 Å². The predicted octanol–water partition coefficient (Wildman–Crippen LogP) is 4.94. The molecule has 2 saturated heterocycles. The van der Waals surface area contributed by atoms with E-state index in [1.807, 2.05) is 0 Å². The first-order chi connectivity index (χ1) is 18.2. The molecule has 6 nitrogen and oxygen atoms in total. The minimum absolute atomic E-state index is 0.0592. The molecule has 2 heterocycles. The lowest BCUT2D eigenvalue weighted by molar-refractivity contribution is -0.197. The Morgan fingerprint density at radius 2 is 2.05 bits per heavy atom. The van der Waals surface area contributed by atoms with Crippen LogP contribution in [-0.2, 0) is 14.3 Å². The molecule has 6 aliphatic rings. The van der Waals surface area contributed by atoms with Gasteiger partial charge < -0.3 is 19.7 Å². The van der Waals surface area contributed by atoms with Gasteiger partial charge in [0.1, 0.15) is 11.7 Å². The number of aliphatic carboxylic acids is 1. The van der Waals surface area contributed by atoms with Gasteiger partial charge in [-0.15, -0.1) is 0 Å². The van der Waals surface area contributed by atoms with E-state index >= 15 is 0 Å². The summed E-state index contributed by atoms with van der Waals surface area (Å²) in [5, 5.41) is 21.5. The second-order valence-electron chi connectivity index (χ2n) is 14.4. The lowest BCUT2D eigenvalue weighted by atomic mass is 9.41. The summed E-state index contributed by atoms with van der Waals surface area (Å²) in [5.41, 5.74) is -1.54. The van der Waals surface area contributed by atoms with Gasteiger partial charge in [0, 0.05) is 25.0 Å². The zero-order valence-corrected chi connectivity index (χ0v) is 23.9. The van der Waals surface area contributed by atoms with E-state index in [-0.39, 0.29) is 36.1 Å². The largest absolute Gasteiger partial charge is 0.481 e. The van der Waals surface area contributed by atoms with Crippen molar-refractivity contribution in [2.75, 3.05) is 19.6 Å². The number of carboxylic acid groups (broad SMARTS) is 1. The number of hydrogen-bond donors (Lipinski definition) is 2. The van der Waals surface area contributed by atoms with Crippen LogP contribution in [0.3, 0.4) is 0 Å². The van der Waals surface area contributed by atoms with Gasteiger partial charge in [0.2, 0.25) is 0 Å². The normalized spacial score (nSPS) is 49.6. The number of hydrogen-bond acceptors (Lipinski definition) is 5. The fourth-order valence-corrected chi connectivity index (χ4v) is 11.2. The molecule has 2 aliphatic heterocycles. The number of ether oxygens (including phenoxy) is 1. The molecule has 0 aromatic rings. The molecule has 7 unspecified atom stereocenters. The Kier molecular flexibility index (Phi) is 6.68. The minimum atomic E-state index is -1.16. The van der Waals surface area contributed by atoms with E-state index in [9.17, 15) is 19.8 Å². The van der Waals surface area contributed by atoms with Gasteiger partial charge in [-0.3, -0.25) is 9.69 Å². The van der Waals surface area contributed by atoms with E-state index in [1.165, 1.54) is 0 Å². The highest BCUT2D eigenvalue weighted by molar-refractivity contribution is 5.90. The third-order valence-corrected chi connectivity index (χ3v) is 12.6. The van der Waals surface area contributed by atoms with Gasteiger partial charge in [0.15, 0.2) is 0 Å². The van der Waals surface area contributed by atoms with Crippen molar-refractivity contribution in [2.24, 2.45) is 51.8 Å². The van der Waals surface area contributed by atoms with Crippen LogP contribution in [0.5, 0.6) is 0 Å². The van der Waals surface area contributed by atoms with Gasteiger partial charge in [-0.05, 0) is 74.0 Å². The highest BCUT2D eigenvalue weighted by atomic mass is 16.5. The summed E-state index contributed by atoms with van der Waals surface area (Å²) in [6, 6.07) is 0. The maximum absolute atomic E-state index is 13.9. The second kappa shape index (κ2) is 9.41. The van der Waals surface area contributed by atoms with Crippen LogP contribution in [-0.4, -0.2) is 65.3 Å². The number of fused-ring (bicyclic) bond motifs is 2. The summed E-state index contributed by atoms with van der Waals surface area (Å²) in [5.74, 6) is 0.859. The molecular weight excluding hydrogens is 478 g/mol. The van der Waals surface area contributed by atoms with E-state index in [2.05, 4.69) is 38.7 Å². The third-order valence-electron chi connectivity index (χ3n) is 12.6. The van der Waals surface area contributed by atoms with Crippen molar-refractivity contribution in [3.63, 3.8) is 0 Å². The summed E-state index contributed by atoms with van der Waals surface area (Å²) < 4.78 is 7.15. The smallest absolute Gasteiger partial charge is 0.315 e. The molecule has 5 fully saturated rings. The SMILES string of the molecule is CCCCC1CC(C23C[C@@H]4[C@H](C)CC[C@H]4C4(C=O)CC2C=C(C(C)C)C34C(=O)O)OC1CN1CC[C@H](O)C1. The van der Waals surface area contributed by atoms with Crippen LogP contribution in [0.25, 0.3) is 0 Å². The van der Waals surface area contributed by atoms with Gasteiger partial charge >= 0.3 is 5.97 Å². The number of aliphatic hydroxyl groups is 1. The Morgan fingerprint density at radius 3 is 2.68 bits per heavy atom. The van der Waals surface area contributed by atoms with Gasteiger partial charge in [-0.1, -0.05) is 58.6 Å². The molecule has 11 atom stereocenters. The average molecular weight is 528 g/mol. The van der Waals surface area contributed by atoms with Crippen molar-refractivity contribution < 1.29 is 24.5 Å². The van der Waals surface area contributed by atoms with Gasteiger partial charge in [-0.25, -0.2) is 0 Å². The number of rotatable bonds is 9. The number of aliphatic hydroxyl groups excluding tert-OH is 1. The number of carboxylic acids is 1. The number of carbonyl (C=O) groups is 2. The van der Waals surface area contributed by atoms with E-state index in [0.717, 1.165) is 76.3 Å². The van der Waals surface area contributed by atoms with E-state index in [1.54, 1.807) is 0 Å². The average Bonchev–Trinajstić information content (AvgIpc) is 3.66. The molecule has 3 saturated carbocycles. The van der Waals surface area contributed by atoms with Crippen LogP contribution >= 0.6 is 0 Å². The van der Waals surface area contributed by atoms with Crippen LogP contribution in [0.1, 0.15) is 85.5 Å². The molecule has 0 amide bonds. The maximum Gasteiger partial charge on any atom is 0.315 e. The Hall–Kier alpha value is -1.24. The number of likely N-dealkylation sites (tertiary alicyclic amines) is 1. The number of nitrogens with zero attached hydrogens (tertiary/aromatic N) is 1. The Labute approximate surface area is 228 Å². The van der Waals surface area contributed by atoms with E-state index in [0.29, 0.717) is 30.7 Å². The van der Waals surface area contributed by atoms with Crippen molar-refractivity contribution in [1.82, 2.24) is 4.90 Å². The first-order valence-corrected chi connectivity index (χ1v) is 15.6. The molecular formula is C32H49NO5. The quantitative estimate of drug-likeness (QED) is 0.326. The minimum Gasteiger partial charge on any atom is -0.481 e. The van der Waals surface area contributed by atoms with Gasteiger partial charge in [0.25, 0.3) is 0 Å². The Morgan fingerprint density at radius 1 is 1.26 bits per heavy atom. The summed E-state index contributed by atoms with van der Waals surface area (Å²) in [4.78, 5) is 29.6. The highest BCUT2D eigenvalue weighted by Gasteiger charge is 2.86. The van der Waals surface area contributed by atoms with Crippen LogP contribution in [0.15, 0.2) is 11.6 Å². The number of unbranched alkanes of at least 4 members (excludes halogenated alkanes) is 1. The number of aldehydes is 1. The molecule has 4 bridgehead atoms. The fraction of sp³-hybridized carbons (Fsp3) is 0.875. The van der Waals surface area contributed by atoms with Crippen molar-refractivity contribution in [2.45, 2.75) is 104 Å². The first kappa shape index (κ1) is 27.0. The molecule has 0 aromatic carbocycles. The lowest BCUT2D eigenvalue weighted by Crippen LogP contribution is -2.65. The third kappa shape index (κ3) is 3.29. The van der Waals surface area contributed by atoms with Crippen molar-refractivity contribution in [3.05, 3.63) is 11.6 Å². The van der Waals surface area contributed by atoms with Crippen molar-refractivity contribution in [1.29, 1.82) is 0 Å². The first-order valence-electron chi connectivity index (χ1n) is 15.6. The molecule has 212 valence electrons. The lowest BCUT2D eigenvalue weighted by Gasteiger charge is -2.60. The molecule has 0 aromatic heterocycles. The van der Waals surface area contributed by atoms with Gasteiger partial charge in [0.05, 0.1) is 23.7 Å². The number of allylic oxidation sites excluding steroid dienone is 1. The summed E-state index contributed by atoms with van der Waals surface area (Å²) in [6.07, 6.45) is 11.8. The molecule has 38 heavy (non-hydrogen) atoms. The molecule has 6 heteroatoms. The number of β-amino-alcohol motifs (C(OH)–C–C–N with tert-alkyl or cyclic N) is 1. The maximum atomic E-state index is 13.9. The summed E-state index contributed by atoms with van der Waals surface area (Å²) in [7, 11) is 0. The molecule has 4 aliphatic carbocycles. The topological polar surface area (TPSA) is 87.1 Å². The Bertz CT molecular complexity index is 994. The molecule has 0 spiro atoms. The van der Waals surface area contributed by atoms with E-state index in [4.69, 9.17) is 4.74 Å². The summed E-state index contributed by atoms with van der Waals surface area (Å²) in [6.45, 7) is 11.2. The van der Waals surface area contributed by atoms with Crippen LogP contribution < -0.4 is 0 Å². The molecule has 2 N–H and O–H groups in total. The fourth-order valence-electron chi connectivity index (χ4n) is 11.2. The standard InChI is InChI=1S/C32H49NO5/c1-5-6-7-21-12-28(38-27(21)17-33-11-10-23(35)16-33)31-15-24-20(4)8-9-25(24)30(18-34)14-22(31)13-26(19(2)3)32(30,31)29(36)37/h13,18-25,27-28,35H,5-12,14-17H2,1-4H3,(H,36,37)/t20-,21?,22?,23+,24-,25-,27?,28?,30?,31?,32?/m1/s1. The van der Waals surface area contributed by atoms with Crippen molar-refractivity contribution >= 4 is 12.3 Å². The predicted molar refractivity (Wildman–Crippen MR) is 145 cm³/mol. The molecule has 6 rings (SSSR count). The summed E-state index contributed by atoms with van der Waals surface area (Å²) >= 11 is 0. The highest BCUT2D eigenvalue weighted by Crippen LogP contribution is 2.84. The van der Waals surface area contributed by atoms with Crippen LogP contribution in [0, 0.1) is 51.8 Å².